The summed E-state index contributed by atoms with van der Waals surface area (Å²) in [6.07, 6.45) is 3.78. The molecule has 0 bridgehead atoms. The number of rotatable bonds is 4. The van der Waals surface area contributed by atoms with Crippen molar-refractivity contribution >= 4 is 6.29 Å². The van der Waals surface area contributed by atoms with E-state index < -0.39 is 6.10 Å². The average Bonchev–Trinajstić information content (AvgIpc) is 2.01. The van der Waals surface area contributed by atoms with Crippen molar-refractivity contribution in [3.63, 3.8) is 0 Å². The first-order chi connectivity index (χ1) is 5.31. The molecular formula is C9H14O2. The summed E-state index contributed by atoms with van der Waals surface area (Å²) in [6, 6.07) is 0. The minimum Gasteiger partial charge on any atom is -0.380 e. The summed E-state index contributed by atoms with van der Waals surface area (Å²) < 4.78 is 0. The molecule has 0 aliphatic rings. The molecule has 0 rings (SSSR count). The Bertz CT molecular complexity index is 153. The first kappa shape index (κ1) is 10.2. The first-order valence-corrected chi connectivity index (χ1v) is 3.94. The second kappa shape index (κ2) is 7.30. The fourth-order valence-corrected chi connectivity index (χ4v) is 0.790. The molecule has 0 amide bonds. The zero-order valence-electron chi connectivity index (χ0n) is 6.84. The highest BCUT2D eigenvalue weighted by Gasteiger charge is 1.96. The summed E-state index contributed by atoms with van der Waals surface area (Å²) in [5.74, 6) is 4.62. The number of unbranched alkanes of at least 4 members (excludes halogenated alkanes) is 2. The first-order valence-electron chi connectivity index (χ1n) is 3.94. The van der Waals surface area contributed by atoms with Crippen molar-refractivity contribution in [1.82, 2.24) is 0 Å². The van der Waals surface area contributed by atoms with Gasteiger partial charge in [-0.15, -0.1) is 0 Å². The molecule has 2 heteroatoms. The van der Waals surface area contributed by atoms with Crippen molar-refractivity contribution < 1.29 is 9.90 Å². The molecule has 0 aromatic carbocycles. The van der Waals surface area contributed by atoms with Gasteiger partial charge in [0.15, 0.2) is 6.29 Å². The van der Waals surface area contributed by atoms with E-state index in [0.717, 1.165) is 19.3 Å². The molecule has 1 unspecified atom stereocenters. The molecule has 0 fully saturated rings. The Morgan fingerprint density at radius 1 is 1.55 bits per heavy atom. The molecule has 1 N–H and O–H groups in total. The summed E-state index contributed by atoms with van der Waals surface area (Å²) in [6.45, 7) is 2.10. The third-order valence-electron chi connectivity index (χ3n) is 1.39. The molecule has 0 heterocycles. The molecule has 62 valence electrons. The van der Waals surface area contributed by atoms with Gasteiger partial charge in [-0.1, -0.05) is 25.7 Å². The van der Waals surface area contributed by atoms with E-state index in [0.29, 0.717) is 12.7 Å². The van der Waals surface area contributed by atoms with E-state index in [-0.39, 0.29) is 0 Å². The van der Waals surface area contributed by atoms with Gasteiger partial charge in [-0.05, 0) is 18.8 Å². The van der Waals surface area contributed by atoms with E-state index in [1.807, 2.05) is 0 Å². The Kier molecular flexibility index (Phi) is 6.76. The molecule has 0 radical (unpaired) electrons. The SMILES string of the molecule is CCCCCC(O)C#CC=O. The lowest BCUT2D eigenvalue weighted by molar-refractivity contribution is -0.103. The minimum absolute atomic E-state index is 0.503. The van der Waals surface area contributed by atoms with E-state index in [1.165, 1.54) is 0 Å². The number of aldehydes is 1. The number of aliphatic hydroxyl groups excluding tert-OH is 1. The van der Waals surface area contributed by atoms with Crippen LogP contribution in [-0.4, -0.2) is 17.5 Å². The van der Waals surface area contributed by atoms with Crippen LogP contribution in [0.15, 0.2) is 0 Å². The number of carbonyl (C=O) groups is 1. The number of hydrogen-bond donors (Lipinski definition) is 1. The molecule has 0 aliphatic heterocycles. The molecule has 1 atom stereocenters. The van der Waals surface area contributed by atoms with Crippen LogP contribution in [0, 0.1) is 11.8 Å². The standard InChI is InChI=1S/C9H14O2/c1-2-3-4-6-9(11)7-5-8-10/h8-9,11H,2-4,6H2,1H3. The molecule has 0 saturated heterocycles. The maximum atomic E-state index is 9.75. The second-order valence-corrected chi connectivity index (χ2v) is 2.42. The Morgan fingerprint density at radius 2 is 2.27 bits per heavy atom. The van der Waals surface area contributed by atoms with Crippen LogP contribution in [-0.2, 0) is 4.79 Å². The van der Waals surface area contributed by atoms with Crippen LogP contribution >= 0.6 is 0 Å². The van der Waals surface area contributed by atoms with Crippen LogP contribution in [0.4, 0.5) is 0 Å². The predicted molar refractivity (Wildman–Crippen MR) is 44.0 cm³/mol. The summed E-state index contributed by atoms with van der Waals surface area (Å²) in [5, 5.41) is 9.07. The molecular weight excluding hydrogens is 140 g/mol. The normalized spacial score (nSPS) is 11.5. The highest BCUT2D eigenvalue weighted by Crippen LogP contribution is 2.01. The smallest absolute Gasteiger partial charge is 0.192 e. The molecule has 0 saturated carbocycles. The van der Waals surface area contributed by atoms with Crippen molar-refractivity contribution in [2.24, 2.45) is 0 Å². The quantitative estimate of drug-likeness (QED) is 0.374. The molecule has 0 aliphatic carbocycles. The van der Waals surface area contributed by atoms with Crippen LogP contribution in [0.2, 0.25) is 0 Å². The third-order valence-corrected chi connectivity index (χ3v) is 1.39. The fourth-order valence-electron chi connectivity index (χ4n) is 0.790. The lowest BCUT2D eigenvalue weighted by Crippen LogP contribution is -2.01. The lowest BCUT2D eigenvalue weighted by atomic mass is 10.1. The Hall–Kier alpha value is -0.810. The van der Waals surface area contributed by atoms with E-state index in [2.05, 4.69) is 18.8 Å². The largest absolute Gasteiger partial charge is 0.380 e. The highest BCUT2D eigenvalue weighted by atomic mass is 16.3. The van der Waals surface area contributed by atoms with Crippen molar-refractivity contribution in [2.75, 3.05) is 0 Å². The van der Waals surface area contributed by atoms with Gasteiger partial charge in [0.1, 0.15) is 6.10 Å². The van der Waals surface area contributed by atoms with Gasteiger partial charge in [-0.25, -0.2) is 0 Å². The summed E-state index contributed by atoms with van der Waals surface area (Å²) in [5.41, 5.74) is 0. The highest BCUT2D eigenvalue weighted by molar-refractivity contribution is 5.72. The van der Waals surface area contributed by atoms with Crippen molar-refractivity contribution in [1.29, 1.82) is 0 Å². The predicted octanol–water partition coefficient (Wildman–Crippen LogP) is 1.13. The van der Waals surface area contributed by atoms with Gasteiger partial charge in [-0.2, -0.15) is 0 Å². The van der Waals surface area contributed by atoms with Crippen LogP contribution in [0.1, 0.15) is 32.6 Å². The number of aliphatic hydroxyl groups is 1. The summed E-state index contributed by atoms with van der Waals surface area (Å²) in [7, 11) is 0. The van der Waals surface area contributed by atoms with Gasteiger partial charge in [0.25, 0.3) is 0 Å². The zero-order chi connectivity index (χ0) is 8.53. The Labute approximate surface area is 67.6 Å². The van der Waals surface area contributed by atoms with Crippen molar-refractivity contribution in [2.45, 2.75) is 38.7 Å². The average molecular weight is 154 g/mol. The van der Waals surface area contributed by atoms with Crippen LogP contribution in [0.3, 0.4) is 0 Å². The lowest BCUT2D eigenvalue weighted by Gasteiger charge is -2.00. The van der Waals surface area contributed by atoms with Gasteiger partial charge in [0.2, 0.25) is 0 Å². The van der Waals surface area contributed by atoms with Gasteiger partial charge in [-0.3, -0.25) is 4.79 Å². The summed E-state index contributed by atoms with van der Waals surface area (Å²) in [4.78, 5) is 9.75. The van der Waals surface area contributed by atoms with Gasteiger partial charge >= 0.3 is 0 Å². The van der Waals surface area contributed by atoms with E-state index in [4.69, 9.17) is 5.11 Å². The molecule has 2 nitrogen and oxygen atoms in total. The Morgan fingerprint density at radius 3 is 2.82 bits per heavy atom. The van der Waals surface area contributed by atoms with Crippen LogP contribution in [0.25, 0.3) is 0 Å². The molecule has 11 heavy (non-hydrogen) atoms. The van der Waals surface area contributed by atoms with Crippen LogP contribution in [0.5, 0.6) is 0 Å². The van der Waals surface area contributed by atoms with Crippen molar-refractivity contribution in [3.05, 3.63) is 0 Å². The number of hydrogen-bond acceptors (Lipinski definition) is 2. The molecule has 0 aromatic heterocycles. The monoisotopic (exact) mass is 154 g/mol. The topological polar surface area (TPSA) is 37.3 Å². The maximum Gasteiger partial charge on any atom is 0.192 e. The van der Waals surface area contributed by atoms with Gasteiger partial charge < -0.3 is 5.11 Å². The van der Waals surface area contributed by atoms with E-state index in [1.54, 1.807) is 0 Å². The number of carbonyl (C=O) groups excluding carboxylic acids is 1. The zero-order valence-corrected chi connectivity index (χ0v) is 6.84. The van der Waals surface area contributed by atoms with Gasteiger partial charge in [0.05, 0.1) is 0 Å². The minimum atomic E-state index is -0.619. The molecule has 0 aromatic rings. The maximum absolute atomic E-state index is 9.75. The van der Waals surface area contributed by atoms with Crippen LogP contribution < -0.4 is 0 Å². The second-order valence-electron chi connectivity index (χ2n) is 2.42. The Balaban J connectivity index is 3.36. The summed E-state index contributed by atoms with van der Waals surface area (Å²) >= 11 is 0. The fraction of sp³-hybridized carbons (Fsp3) is 0.667. The van der Waals surface area contributed by atoms with E-state index >= 15 is 0 Å². The molecule has 0 spiro atoms. The van der Waals surface area contributed by atoms with E-state index in [9.17, 15) is 4.79 Å². The van der Waals surface area contributed by atoms with Crippen molar-refractivity contribution in [3.8, 4) is 11.8 Å². The van der Waals surface area contributed by atoms with Gasteiger partial charge in [0, 0.05) is 0 Å². The third kappa shape index (κ3) is 7.08.